The van der Waals surface area contributed by atoms with Crippen LogP contribution in [0.2, 0.25) is 0 Å². The van der Waals surface area contributed by atoms with Crippen molar-refractivity contribution in [1.29, 1.82) is 0 Å². The Morgan fingerprint density at radius 3 is 2.88 bits per heavy atom. The van der Waals surface area contributed by atoms with E-state index >= 15 is 0 Å². The van der Waals surface area contributed by atoms with E-state index in [0.717, 1.165) is 5.69 Å². The van der Waals surface area contributed by atoms with E-state index < -0.39 is 0 Å². The molecule has 1 amide bonds. The third kappa shape index (κ3) is 2.22. The van der Waals surface area contributed by atoms with Crippen LogP contribution in [0.3, 0.4) is 0 Å². The van der Waals surface area contributed by atoms with E-state index in [-0.39, 0.29) is 10.7 Å². The summed E-state index contributed by atoms with van der Waals surface area (Å²) in [6.07, 6.45) is 0.513. The zero-order valence-corrected chi connectivity index (χ0v) is 11.8. The number of rotatable bonds is 2. The van der Waals surface area contributed by atoms with Gasteiger partial charge in [-0.15, -0.1) is 0 Å². The molecule has 4 nitrogen and oxygen atoms in total. The van der Waals surface area contributed by atoms with Crippen molar-refractivity contribution < 1.29 is 9.53 Å². The molecule has 6 heteroatoms. The molecular weight excluding hydrogens is 340 g/mol. The van der Waals surface area contributed by atoms with Gasteiger partial charge < -0.3 is 9.64 Å². The lowest BCUT2D eigenvalue weighted by Crippen LogP contribution is -2.25. The second kappa shape index (κ2) is 4.71. The minimum absolute atomic E-state index is 0.0873. The van der Waals surface area contributed by atoms with Crippen molar-refractivity contribution in [3.05, 3.63) is 16.7 Å². The zero-order chi connectivity index (χ0) is 11.7. The molecule has 0 radical (unpaired) electrons. The predicted molar refractivity (Wildman–Crippen MR) is 68.2 cm³/mol. The number of anilines is 1. The van der Waals surface area contributed by atoms with Gasteiger partial charge in [-0.1, -0.05) is 15.9 Å². The summed E-state index contributed by atoms with van der Waals surface area (Å²) in [5.41, 5.74) is 0.720. The summed E-state index contributed by atoms with van der Waals surface area (Å²) in [7, 11) is 1.55. The fourth-order valence-corrected chi connectivity index (χ4v) is 2.52. The van der Waals surface area contributed by atoms with E-state index in [1.807, 2.05) is 6.07 Å². The number of methoxy groups -OCH3 is 1. The molecule has 1 aromatic rings. The monoisotopic (exact) mass is 348 g/mol. The van der Waals surface area contributed by atoms with Gasteiger partial charge >= 0.3 is 0 Å². The topological polar surface area (TPSA) is 42.4 Å². The summed E-state index contributed by atoms with van der Waals surface area (Å²) in [6, 6.07) is 3.63. The van der Waals surface area contributed by atoms with E-state index in [1.54, 1.807) is 18.1 Å². The Bertz CT molecular complexity index is 425. The van der Waals surface area contributed by atoms with Crippen LogP contribution >= 0.6 is 31.9 Å². The van der Waals surface area contributed by atoms with Crippen molar-refractivity contribution in [2.75, 3.05) is 18.6 Å². The highest BCUT2D eigenvalue weighted by Gasteiger charge is 2.30. The van der Waals surface area contributed by atoms with Gasteiger partial charge in [-0.2, -0.15) is 0 Å². The van der Waals surface area contributed by atoms with E-state index in [9.17, 15) is 4.79 Å². The lowest BCUT2D eigenvalue weighted by Gasteiger charge is -2.18. The number of alkyl halides is 1. The molecule has 0 N–H and O–H groups in total. The smallest absolute Gasteiger partial charge is 0.238 e. The van der Waals surface area contributed by atoms with E-state index in [2.05, 4.69) is 36.8 Å². The first-order chi connectivity index (χ1) is 7.61. The van der Waals surface area contributed by atoms with Crippen molar-refractivity contribution in [2.24, 2.45) is 0 Å². The molecule has 1 atom stereocenters. The van der Waals surface area contributed by atoms with Crippen molar-refractivity contribution in [1.82, 2.24) is 4.98 Å². The van der Waals surface area contributed by atoms with Crippen LogP contribution in [0.5, 0.6) is 5.88 Å². The van der Waals surface area contributed by atoms with Crippen LogP contribution in [0.1, 0.15) is 6.42 Å². The summed E-state index contributed by atoms with van der Waals surface area (Å²) < 4.78 is 5.86. The summed E-state index contributed by atoms with van der Waals surface area (Å²) >= 11 is 6.71. The zero-order valence-electron chi connectivity index (χ0n) is 8.61. The van der Waals surface area contributed by atoms with Gasteiger partial charge in [-0.05, 0) is 28.1 Å². The van der Waals surface area contributed by atoms with Crippen LogP contribution in [-0.2, 0) is 4.79 Å². The standard InChI is InChI=1S/C10H10Br2N2O2/c1-16-10-7(2-3-8(12)13-10)14-5-6(11)4-9(14)15/h2-3,6H,4-5H2,1H3. The molecule has 0 aromatic carbocycles. The Balaban J connectivity index is 2.36. The third-order valence-corrected chi connectivity index (χ3v) is 3.42. The number of pyridine rings is 1. The highest BCUT2D eigenvalue weighted by Crippen LogP contribution is 2.32. The first kappa shape index (κ1) is 11.9. The molecule has 1 unspecified atom stereocenters. The van der Waals surface area contributed by atoms with Crippen molar-refractivity contribution in [2.45, 2.75) is 11.2 Å². The van der Waals surface area contributed by atoms with Gasteiger partial charge in [0.25, 0.3) is 0 Å². The minimum atomic E-state index is 0.0873. The third-order valence-electron chi connectivity index (χ3n) is 2.37. The van der Waals surface area contributed by atoms with Gasteiger partial charge in [0.15, 0.2) is 0 Å². The molecule has 16 heavy (non-hydrogen) atoms. The Morgan fingerprint density at radius 2 is 2.31 bits per heavy atom. The van der Waals surface area contributed by atoms with E-state index in [0.29, 0.717) is 23.4 Å². The highest BCUT2D eigenvalue weighted by atomic mass is 79.9. The molecule has 86 valence electrons. The van der Waals surface area contributed by atoms with Crippen LogP contribution in [-0.4, -0.2) is 29.4 Å². The summed E-state index contributed by atoms with van der Waals surface area (Å²) in [5.74, 6) is 0.550. The molecule has 1 aromatic heterocycles. The Morgan fingerprint density at radius 1 is 1.56 bits per heavy atom. The number of ether oxygens (including phenoxy) is 1. The lowest BCUT2D eigenvalue weighted by molar-refractivity contribution is -0.117. The summed E-state index contributed by atoms with van der Waals surface area (Å²) in [5, 5.41) is 0. The molecule has 2 rings (SSSR count). The molecule has 0 bridgehead atoms. The first-order valence-electron chi connectivity index (χ1n) is 4.77. The van der Waals surface area contributed by atoms with Crippen molar-refractivity contribution >= 4 is 43.5 Å². The van der Waals surface area contributed by atoms with Crippen molar-refractivity contribution in [3.8, 4) is 5.88 Å². The molecule has 1 saturated heterocycles. The van der Waals surface area contributed by atoms with Crippen LogP contribution in [0, 0.1) is 0 Å². The Labute approximate surface area is 110 Å². The van der Waals surface area contributed by atoms with Crippen LogP contribution in [0.25, 0.3) is 0 Å². The van der Waals surface area contributed by atoms with Gasteiger partial charge in [-0.25, -0.2) is 4.98 Å². The molecule has 2 heterocycles. The largest absolute Gasteiger partial charge is 0.479 e. The maximum absolute atomic E-state index is 11.7. The number of halogens is 2. The van der Waals surface area contributed by atoms with Gasteiger partial charge in [0.2, 0.25) is 11.8 Å². The number of carbonyl (C=O) groups excluding carboxylic acids is 1. The Hall–Kier alpha value is -0.620. The Kier molecular flexibility index (Phi) is 3.49. The molecule has 1 aliphatic rings. The molecule has 1 aliphatic heterocycles. The average Bonchev–Trinajstić information content (AvgIpc) is 2.57. The maximum atomic E-state index is 11.7. The number of amides is 1. The van der Waals surface area contributed by atoms with Gasteiger partial charge in [-0.3, -0.25) is 4.79 Å². The number of hydrogen-bond acceptors (Lipinski definition) is 3. The fourth-order valence-electron chi connectivity index (χ4n) is 1.66. The first-order valence-corrected chi connectivity index (χ1v) is 6.47. The number of nitrogens with zero attached hydrogens (tertiary/aromatic N) is 2. The molecular formula is C10H10Br2N2O2. The van der Waals surface area contributed by atoms with E-state index in [4.69, 9.17) is 4.74 Å². The molecule has 1 fully saturated rings. The van der Waals surface area contributed by atoms with Gasteiger partial charge in [0.1, 0.15) is 10.3 Å². The lowest BCUT2D eigenvalue weighted by atomic mass is 10.3. The highest BCUT2D eigenvalue weighted by molar-refractivity contribution is 9.10. The average molecular weight is 350 g/mol. The number of hydrogen-bond donors (Lipinski definition) is 0. The van der Waals surface area contributed by atoms with Crippen LogP contribution in [0.15, 0.2) is 16.7 Å². The van der Waals surface area contributed by atoms with Gasteiger partial charge in [0, 0.05) is 17.8 Å². The molecule has 0 saturated carbocycles. The summed E-state index contributed by atoms with van der Waals surface area (Å²) in [4.78, 5) is 17.8. The molecule has 0 aliphatic carbocycles. The maximum Gasteiger partial charge on any atom is 0.238 e. The van der Waals surface area contributed by atoms with Crippen LogP contribution in [0.4, 0.5) is 5.69 Å². The fraction of sp³-hybridized carbons (Fsp3) is 0.400. The minimum Gasteiger partial charge on any atom is -0.479 e. The van der Waals surface area contributed by atoms with Crippen LogP contribution < -0.4 is 9.64 Å². The number of carbonyl (C=O) groups is 1. The van der Waals surface area contributed by atoms with Crippen molar-refractivity contribution in [3.63, 3.8) is 0 Å². The number of aromatic nitrogens is 1. The molecule has 0 spiro atoms. The normalized spacial score (nSPS) is 20.3. The SMILES string of the molecule is COc1nc(Br)ccc1N1CC(Br)CC1=O. The van der Waals surface area contributed by atoms with E-state index in [1.165, 1.54) is 0 Å². The quantitative estimate of drug-likeness (QED) is 0.608. The predicted octanol–water partition coefficient (Wildman–Crippen LogP) is 2.35. The second-order valence-electron chi connectivity index (χ2n) is 3.47. The second-order valence-corrected chi connectivity index (χ2v) is 5.58. The summed E-state index contributed by atoms with van der Waals surface area (Å²) in [6.45, 7) is 0.651. The van der Waals surface area contributed by atoms with Gasteiger partial charge in [0.05, 0.1) is 7.11 Å².